The van der Waals surface area contributed by atoms with Gasteiger partial charge in [-0.1, -0.05) is 0 Å². The highest BCUT2D eigenvalue weighted by molar-refractivity contribution is 5.89. The second kappa shape index (κ2) is 6.38. The van der Waals surface area contributed by atoms with Crippen molar-refractivity contribution in [2.45, 2.75) is 20.0 Å². The summed E-state index contributed by atoms with van der Waals surface area (Å²) < 4.78 is 10.7. The van der Waals surface area contributed by atoms with E-state index >= 15 is 0 Å². The summed E-state index contributed by atoms with van der Waals surface area (Å²) >= 11 is 0. The highest BCUT2D eigenvalue weighted by Crippen LogP contribution is 2.26. The van der Waals surface area contributed by atoms with Crippen LogP contribution in [0.3, 0.4) is 0 Å². The molecule has 0 atom stereocenters. The number of benzene rings is 1. The molecule has 2 aromatic rings. The van der Waals surface area contributed by atoms with Gasteiger partial charge in [-0.15, -0.1) is 0 Å². The summed E-state index contributed by atoms with van der Waals surface area (Å²) in [7, 11) is 1.70. The van der Waals surface area contributed by atoms with Gasteiger partial charge in [0.25, 0.3) is 0 Å². The van der Waals surface area contributed by atoms with Gasteiger partial charge in [-0.05, 0) is 43.5 Å². The molecule has 2 rings (SSSR count). The van der Waals surface area contributed by atoms with E-state index < -0.39 is 0 Å². The minimum absolute atomic E-state index is 0.123. The SMILES string of the molecule is COCCNc1ccc2c(OC(C)C)nccc2c1. The topological polar surface area (TPSA) is 43.4 Å². The van der Waals surface area contributed by atoms with Crippen LogP contribution in [0.2, 0.25) is 0 Å². The molecule has 0 saturated carbocycles. The zero-order chi connectivity index (χ0) is 13.7. The molecule has 0 spiro atoms. The van der Waals surface area contributed by atoms with Crippen molar-refractivity contribution >= 4 is 16.5 Å². The van der Waals surface area contributed by atoms with Gasteiger partial charge in [0.05, 0.1) is 12.7 Å². The fraction of sp³-hybridized carbons (Fsp3) is 0.400. The Bertz CT molecular complexity index is 541. The van der Waals surface area contributed by atoms with E-state index in [1.807, 2.05) is 32.0 Å². The predicted molar refractivity (Wildman–Crippen MR) is 77.9 cm³/mol. The van der Waals surface area contributed by atoms with Crippen LogP contribution >= 0.6 is 0 Å². The lowest BCUT2D eigenvalue weighted by atomic mass is 10.1. The predicted octanol–water partition coefficient (Wildman–Crippen LogP) is 3.08. The van der Waals surface area contributed by atoms with Crippen LogP contribution in [0.1, 0.15) is 13.8 Å². The Hall–Kier alpha value is -1.81. The number of nitrogens with zero attached hydrogens (tertiary/aromatic N) is 1. The number of nitrogens with one attached hydrogen (secondary N) is 1. The summed E-state index contributed by atoms with van der Waals surface area (Å²) in [6, 6.07) is 8.16. The summed E-state index contributed by atoms with van der Waals surface area (Å²) in [5.74, 6) is 0.691. The highest BCUT2D eigenvalue weighted by Gasteiger charge is 2.06. The maximum absolute atomic E-state index is 5.71. The molecule has 1 N–H and O–H groups in total. The summed E-state index contributed by atoms with van der Waals surface area (Å²) in [6.45, 7) is 5.49. The molecular formula is C15H20N2O2. The molecule has 19 heavy (non-hydrogen) atoms. The average molecular weight is 260 g/mol. The number of hydrogen-bond acceptors (Lipinski definition) is 4. The first-order chi connectivity index (χ1) is 9.20. The molecule has 0 radical (unpaired) electrons. The van der Waals surface area contributed by atoms with Gasteiger partial charge in [0.1, 0.15) is 0 Å². The number of fused-ring (bicyclic) bond motifs is 1. The van der Waals surface area contributed by atoms with Crippen LogP contribution in [-0.2, 0) is 4.74 Å². The molecule has 0 fully saturated rings. The van der Waals surface area contributed by atoms with Gasteiger partial charge in [-0.3, -0.25) is 0 Å². The minimum Gasteiger partial charge on any atom is -0.475 e. The Balaban J connectivity index is 2.23. The zero-order valence-electron chi connectivity index (χ0n) is 11.6. The van der Waals surface area contributed by atoms with E-state index in [0.29, 0.717) is 12.5 Å². The van der Waals surface area contributed by atoms with Crippen LogP contribution in [0.4, 0.5) is 5.69 Å². The second-order valence-electron chi connectivity index (χ2n) is 4.64. The van der Waals surface area contributed by atoms with E-state index in [1.165, 1.54) is 0 Å². The van der Waals surface area contributed by atoms with Crippen molar-refractivity contribution in [3.8, 4) is 5.88 Å². The average Bonchev–Trinajstić information content (AvgIpc) is 2.38. The lowest BCUT2D eigenvalue weighted by molar-refractivity contribution is 0.211. The van der Waals surface area contributed by atoms with E-state index in [0.717, 1.165) is 23.0 Å². The molecule has 1 aromatic heterocycles. The van der Waals surface area contributed by atoms with E-state index in [2.05, 4.69) is 16.4 Å². The van der Waals surface area contributed by atoms with Gasteiger partial charge in [0.15, 0.2) is 0 Å². The van der Waals surface area contributed by atoms with Gasteiger partial charge in [-0.2, -0.15) is 0 Å². The Labute approximate surface area is 113 Å². The number of hydrogen-bond donors (Lipinski definition) is 1. The van der Waals surface area contributed by atoms with E-state index in [1.54, 1.807) is 13.3 Å². The molecular weight excluding hydrogens is 240 g/mol. The number of anilines is 1. The first-order valence-electron chi connectivity index (χ1n) is 6.49. The maximum Gasteiger partial charge on any atom is 0.221 e. The van der Waals surface area contributed by atoms with Crippen molar-refractivity contribution in [1.82, 2.24) is 4.98 Å². The van der Waals surface area contributed by atoms with Gasteiger partial charge in [-0.25, -0.2) is 4.98 Å². The third kappa shape index (κ3) is 3.58. The zero-order valence-corrected chi connectivity index (χ0v) is 11.6. The van der Waals surface area contributed by atoms with Crippen LogP contribution in [-0.4, -0.2) is 31.3 Å². The van der Waals surface area contributed by atoms with Gasteiger partial charge >= 0.3 is 0 Å². The molecule has 0 amide bonds. The van der Waals surface area contributed by atoms with Gasteiger partial charge < -0.3 is 14.8 Å². The number of rotatable bonds is 6. The largest absolute Gasteiger partial charge is 0.475 e. The third-order valence-corrected chi connectivity index (χ3v) is 2.71. The normalized spacial score (nSPS) is 10.9. The highest BCUT2D eigenvalue weighted by atomic mass is 16.5. The summed E-state index contributed by atoms with van der Waals surface area (Å²) in [5, 5.41) is 5.47. The van der Waals surface area contributed by atoms with Crippen LogP contribution < -0.4 is 10.1 Å². The fourth-order valence-corrected chi connectivity index (χ4v) is 1.87. The molecule has 0 bridgehead atoms. The van der Waals surface area contributed by atoms with E-state index in [9.17, 15) is 0 Å². The van der Waals surface area contributed by atoms with Crippen molar-refractivity contribution in [2.75, 3.05) is 25.6 Å². The summed E-state index contributed by atoms with van der Waals surface area (Å²) in [6.07, 6.45) is 1.90. The lowest BCUT2D eigenvalue weighted by Crippen LogP contribution is -2.08. The number of methoxy groups -OCH3 is 1. The molecule has 4 heteroatoms. The van der Waals surface area contributed by atoms with Crippen LogP contribution in [0, 0.1) is 0 Å². The van der Waals surface area contributed by atoms with E-state index in [-0.39, 0.29) is 6.10 Å². The Morgan fingerprint density at radius 3 is 2.84 bits per heavy atom. The van der Waals surface area contributed by atoms with Crippen molar-refractivity contribution < 1.29 is 9.47 Å². The van der Waals surface area contributed by atoms with Crippen LogP contribution in [0.15, 0.2) is 30.5 Å². The Kier molecular flexibility index (Phi) is 4.58. The molecule has 0 aliphatic rings. The van der Waals surface area contributed by atoms with Gasteiger partial charge in [0, 0.05) is 30.9 Å². The summed E-state index contributed by atoms with van der Waals surface area (Å²) in [4.78, 5) is 4.29. The smallest absolute Gasteiger partial charge is 0.221 e. The van der Waals surface area contributed by atoms with Gasteiger partial charge in [0.2, 0.25) is 5.88 Å². The Morgan fingerprint density at radius 1 is 1.26 bits per heavy atom. The molecule has 0 unspecified atom stereocenters. The Morgan fingerprint density at radius 2 is 2.11 bits per heavy atom. The summed E-state index contributed by atoms with van der Waals surface area (Å²) in [5.41, 5.74) is 1.08. The molecule has 0 aliphatic carbocycles. The molecule has 0 saturated heterocycles. The van der Waals surface area contributed by atoms with E-state index in [4.69, 9.17) is 9.47 Å². The van der Waals surface area contributed by atoms with Crippen molar-refractivity contribution in [3.05, 3.63) is 30.5 Å². The van der Waals surface area contributed by atoms with Crippen molar-refractivity contribution in [1.29, 1.82) is 0 Å². The quantitative estimate of drug-likeness (QED) is 0.811. The third-order valence-electron chi connectivity index (χ3n) is 2.71. The van der Waals surface area contributed by atoms with Crippen molar-refractivity contribution in [3.63, 3.8) is 0 Å². The van der Waals surface area contributed by atoms with Crippen molar-refractivity contribution in [2.24, 2.45) is 0 Å². The number of aromatic nitrogens is 1. The monoisotopic (exact) mass is 260 g/mol. The molecule has 1 aromatic carbocycles. The number of ether oxygens (including phenoxy) is 2. The molecule has 102 valence electrons. The molecule has 4 nitrogen and oxygen atoms in total. The first-order valence-corrected chi connectivity index (χ1v) is 6.49. The standard InChI is InChI=1S/C15H20N2O2/c1-11(2)19-15-14-5-4-13(16-8-9-18-3)10-12(14)6-7-17-15/h4-7,10-11,16H,8-9H2,1-3H3. The van der Waals surface area contributed by atoms with Crippen LogP contribution in [0.5, 0.6) is 5.88 Å². The lowest BCUT2D eigenvalue weighted by Gasteiger charge is -2.12. The second-order valence-corrected chi connectivity index (χ2v) is 4.64. The molecule has 0 aliphatic heterocycles. The fourth-order valence-electron chi connectivity index (χ4n) is 1.87. The molecule has 1 heterocycles. The maximum atomic E-state index is 5.71. The first kappa shape index (κ1) is 13.6. The van der Waals surface area contributed by atoms with Crippen LogP contribution in [0.25, 0.3) is 10.8 Å². The minimum atomic E-state index is 0.123. The number of pyridine rings is 1.